The van der Waals surface area contributed by atoms with E-state index in [-0.39, 0.29) is 0 Å². The third-order valence-electron chi connectivity index (χ3n) is 5.55. The summed E-state index contributed by atoms with van der Waals surface area (Å²) in [7, 11) is 0.407. The van der Waals surface area contributed by atoms with E-state index >= 15 is 0 Å². The minimum absolute atomic E-state index is 0.407. The van der Waals surface area contributed by atoms with E-state index in [4.69, 9.17) is 0 Å². The molecule has 0 bridgehead atoms. The van der Waals surface area contributed by atoms with Crippen LogP contribution in [0.15, 0.2) is 11.6 Å². The molecule has 1 heterocycles. The summed E-state index contributed by atoms with van der Waals surface area (Å²) in [6.45, 7) is 0. The first-order chi connectivity index (χ1) is 6.70. The van der Waals surface area contributed by atoms with E-state index in [1.807, 2.05) is 0 Å². The Morgan fingerprint density at radius 1 is 1.43 bits per heavy atom. The minimum Gasteiger partial charge on any atom is -0.294 e. The maximum absolute atomic E-state index is 11.9. The number of carbonyl (C=O) groups is 1. The fourth-order valence-corrected chi connectivity index (χ4v) is 7.41. The molecule has 5 aliphatic rings. The molecule has 14 heavy (non-hydrogen) atoms. The SMILES string of the molecule is C[S+]1CC(=O)C2C3C4=CC45CC5CC231. The second-order valence-corrected chi connectivity index (χ2v) is 8.23. The van der Waals surface area contributed by atoms with Crippen molar-refractivity contribution >= 4 is 16.7 Å². The van der Waals surface area contributed by atoms with Gasteiger partial charge >= 0.3 is 0 Å². The molecular weight excluding hydrogens is 192 g/mol. The van der Waals surface area contributed by atoms with E-state index in [2.05, 4.69) is 12.3 Å². The molecule has 3 saturated carbocycles. The quantitative estimate of drug-likeness (QED) is 0.428. The Morgan fingerprint density at radius 3 is 3.14 bits per heavy atom. The average molecular weight is 205 g/mol. The van der Waals surface area contributed by atoms with Crippen LogP contribution in [-0.4, -0.2) is 22.5 Å². The van der Waals surface area contributed by atoms with Crippen LogP contribution in [0.25, 0.3) is 0 Å². The Labute approximate surface area is 86.3 Å². The second kappa shape index (κ2) is 1.55. The van der Waals surface area contributed by atoms with Crippen LogP contribution in [-0.2, 0) is 15.7 Å². The Hall–Kier alpha value is -0.240. The molecule has 4 aliphatic carbocycles. The van der Waals surface area contributed by atoms with Gasteiger partial charge in [-0.2, -0.15) is 0 Å². The Kier molecular flexibility index (Phi) is 0.786. The van der Waals surface area contributed by atoms with E-state index in [1.54, 1.807) is 5.57 Å². The molecule has 2 spiro atoms. The summed E-state index contributed by atoms with van der Waals surface area (Å²) >= 11 is 0. The zero-order valence-corrected chi connectivity index (χ0v) is 9.06. The maximum Gasteiger partial charge on any atom is 0.190 e. The number of carbonyl (C=O) groups excluding carboxylic acids is 1. The summed E-state index contributed by atoms with van der Waals surface area (Å²) in [6, 6.07) is 0. The van der Waals surface area contributed by atoms with Crippen molar-refractivity contribution in [2.45, 2.75) is 17.6 Å². The van der Waals surface area contributed by atoms with Crippen LogP contribution in [0, 0.1) is 23.2 Å². The first-order valence-corrected chi connectivity index (χ1v) is 7.39. The highest BCUT2D eigenvalue weighted by molar-refractivity contribution is 7.99. The van der Waals surface area contributed by atoms with E-state index < -0.39 is 0 Å². The molecule has 0 N–H and O–H groups in total. The fourth-order valence-electron chi connectivity index (χ4n) is 4.72. The first-order valence-electron chi connectivity index (χ1n) is 5.59. The van der Waals surface area contributed by atoms with Gasteiger partial charge in [-0.1, -0.05) is 11.6 Å². The summed E-state index contributed by atoms with van der Waals surface area (Å²) in [4.78, 5) is 11.9. The van der Waals surface area contributed by atoms with Crippen LogP contribution in [0.2, 0.25) is 0 Å². The van der Waals surface area contributed by atoms with Crippen LogP contribution in [0.5, 0.6) is 0 Å². The van der Waals surface area contributed by atoms with Gasteiger partial charge in [-0.05, 0) is 23.2 Å². The molecule has 6 atom stereocenters. The molecule has 1 aliphatic heterocycles. The largest absolute Gasteiger partial charge is 0.294 e. The summed E-state index contributed by atoms with van der Waals surface area (Å²) in [5.74, 6) is 3.73. The molecule has 0 aromatic heterocycles. The normalized spacial score (nSPS) is 70.1. The van der Waals surface area contributed by atoms with Crippen molar-refractivity contribution < 1.29 is 4.79 Å². The summed E-state index contributed by atoms with van der Waals surface area (Å²) in [5.41, 5.74) is 2.36. The van der Waals surface area contributed by atoms with Crippen LogP contribution in [0.4, 0.5) is 0 Å². The van der Waals surface area contributed by atoms with Gasteiger partial charge in [0.1, 0.15) is 4.75 Å². The number of allylic oxidation sites excluding steroid dienone is 2. The predicted molar refractivity (Wildman–Crippen MR) is 56.1 cm³/mol. The molecule has 1 saturated heterocycles. The number of rotatable bonds is 0. The summed E-state index contributed by atoms with van der Waals surface area (Å²) in [6.07, 6.45) is 7.70. The van der Waals surface area contributed by atoms with Gasteiger partial charge in [0.15, 0.2) is 11.5 Å². The van der Waals surface area contributed by atoms with Crippen LogP contribution in [0.1, 0.15) is 12.8 Å². The number of fused-ring (bicyclic) bond motifs is 2. The van der Waals surface area contributed by atoms with E-state index in [1.165, 1.54) is 12.8 Å². The second-order valence-electron chi connectivity index (χ2n) is 5.90. The van der Waals surface area contributed by atoms with Crippen molar-refractivity contribution in [3.05, 3.63) is 11.6 Å². The standard InChI is InChI=1S/C12H13OS/c1-14-5-8(13)10-9-7-4-11(7)2-6(11)3-12(9,10)14/h4,6,9-10H,2-3,5H2,1H3/q+1. The third kappa shape index (κ3) is 0.454. The highest BCUT2D eigenvalue weighted by atomic mass is 32.2. The van der Waals surface area contributed by atoms with Crippen molar-refractivity contribution in [1.29, 1.82) is 0 Å². The Balaban J connectivity index is 1.69. The minimum atomic E-state index is 0.407. The third-order valence-corrected chi connectivity index (χ3v) is 8.24. The average Bonchev–Trinajstić information content (AvgIpc) is 2.96. The number of Topliss-reactive ketones (excluding diaryl/α,β-unsaturated/α-hetero) is 1. The molecule has 72 valence electrons. The van der Waals surface area contributed by atoms with Gasteiger partial charge in [0.25, 0.3) is 0 Å². The monoisotopic (exact) mass is 205 g/mol. The van der Waals surface area contributed by atoms with Crippen molar-refractivity contribution in [3.8, 4) is 0 Å². The number of hydrogen-bond donors (Lipinski definition) is 0. The molecule has 0 aromatic rings. The lowest BCUT2D eigenvalue weighted by molar-refractivity contribution is -0.117. The Bertz CT molecular complexity index is 440. The maximum atomic E-state index is 11.9. The van der Waals surface area contributed by atoms with Gasteiger partial charge in [0.2, 0.25) is 0 Å². The summed E-state index contributed by atoms with van der Waals surface area (Å²) < 4.78 is 0.518. The molecule has 0 aromatic carbocycles. The molecule has 4 fully saturated rings. The lowest BCUT2D eigenvalue weighted by Gasteiger charge is -2.17. The van der Waals surface area contributed by atoms with Gasteiger partial charge in [-0.3, -0.25) is 4.79 Å². The number of hydrogen-bond acceptors (Lipinski definition) is 1. The zero-order valence-electron chi connectivity index (χ0n) is 8.25. The fraction of sp³-hybridized carbons (Fsp3) is 0.750. The molecular formula is C12H13OS+. The van der Waals surface area contributed by atoms with Crippen molar-refractivity contribution in [2.75, 3.05) is 12.0 Å². The van der Waals surface area contributed by atoms with Gasteiger partial charge in [-0.25, -0.2) is 0 Å². The smallest absolute Gasteiger partial charge is 0.190 e. The molecule has 2 heteroatoms. The molecule has 5 rings (SSSR count). The Morgan fingerprint density at radius 2 is 2.29 bits per heavy atom. The lowest BCUT2D eigenvalue weighted by atomic mass is 9.99. The van der Waals surface area contributed by atoms with Crippen molar-refractivity contribution in [1.82, 2.24) is 0 Å². The lowest BCUT2D eigenvalue weighted by Crippen LogP contribution is -2.28. The predicted octanol–water partition coefficient (Wildman–Crippen LogP) is 1.15. The highest BCUT2D eigenvalue weighted by Gasteiger charge is 2.91. The van der Waals surface area contributed by atoms with E-state index in [9.17, 15) is 4.79 Å². The van der Waals surface area contributed by atoms with Gasteiger partial charge in [0, 0.05) is 17.8 Å². The molecule has 6 unspecified atom stereocenters. The van der Waals surface area contributed by atoms with Gasteiger partial charge in [0.05, 0.1) is 12.2 Å². The molecule has 1 nitrogen and oxygen atoms in total. The van der Waals surface area contributed by atoms with Crippen molar-refractivity contribution in [2.24, 2.45) is 23.2 Å². The molecule has 0 radical (unpaired) electrons. The van der Waals surface area contributed by atoms with Gasteiger partial charge < -0.3 is 0 Å². The topological polar surface area (TPSA) is 17.1 Å². The summed E-state index contributed by atoms with van der Waals surface area (Å²) in [5, 5.41) is 0. The van der Waals surface area contributed by atoms with Crippen LogP contribution < -0.4 is 0 Å². The van der Waals surface area contributed by atoms with E-state index in [0.717, 1.165) is 17.6 Å². The van der Waals surface area contributed by atoms with Gasteiger partial charge in [-0.15, -0.1) is 0 Å². The van der Waals surface area contributed by atoms with E-state index in [0.29, 0.717) is 32.8 Å². The molecule has 0 amide bonds. The van der Waals surface area contributed by atoms with Crippen molar-refractivity contribution in [3.63, 3.8) is 0 Å². The number of ketones is 1. The first kappa shape index (κ1) is 7.10. The zero-order chi connectivity index (χ0) is 9.29. The van der Waals surface area contributed by atoms with Crippen LogP contribution in [0.3, 0.4) is 0 Å². The van der Waals surface area contributed by atoms with Crippen LogP contribution >= 0.6 is 0 Å². The highest BCUT2D eigenvalue weighted by Crippen LogP contribution is 2.86.